The first kappa shape index (κ1) is 14.3. The molecule has 0 aliphatic heterocycles. The van der Waals surface area contributed by atoms with Crippen molar-refractivity contribution in [3.05, 3.63) is 18.5 Å². The molecular weight excluding hydrogens is 236 g/mol. The standard InChI is InChI=1S/C11H18N4O3/c1-15(11-12-4-3-5-13-11)6-10(17)14-9(7-16)8-18-2/h3-5,9,16H,6-8H2,1-2H3,(H,14,17). The van der Waals surface area contributed by atoms with Crippen LogP contribution in [0.4, 0.5) is 5.95 Å². The summed E-state index contributed by atoms with van der Waals surface area (Å²) in [7, 11) is 3.23. The van der Waals surface area contributed by atoms with Gasteiger partial charge in [0.2, 0.25) is 11.9 Å². The van der Waals surface area contributed by atoms with E-state index in [0.717, 1.165) is 0 Å². The van der Waals surface area contributed by atoms with Crippen molar-refractivity contribution in [2.24, 2.45) is 0 Å². The fraction of sp³-hybridized carbons (Fsp3) is 0.545. The van der Waals surface area contributed by atoms with E-state index in [2.05, 4.69) is 15.3 Å². The lowest BCUT2D eigenvalue weighted by Crippen LogP contribution is -2.45. The Labute approximate surface area is 106 Å². The lowest BCUT2D eigenvalue weighted by molar-refractivity contribution is -0.121. The number of ether oxygens (including phenoxy) is 1. The number of carbonyl (C=O) groups excluding carboxylic acids is 1. The summed E-state index contributed by atoms with van der Waals surface area (Å²) in [6, 6.07) is 1.31. The van der Waals surface area contributed by atoms with E-state index in [-0.39, 0.29) is 25.7 Å². The van der Waals surface area contributed by atoms with Gasteiger partial charge in [0.1, 0.15) is 0 Å². The number of hydrogen-bond acceptors (Lipinski definition) is 6. The number of carbonyl (C=O) groups is 1. The molecule has 1 heterocycles. The fourth-order valence-corrected chi connectivity index (χ4v) is 1.39. The first-order chi connectivity index (χ1) is 8.67. The van der Waals surface area contributed by atoms with Gasteiger partial charge in [-0.3, -0.25) is 4.79 Å². The van der Waals surface area contributed by atoms with Crippen LogP contribution in [0.3, 0.4) is 0 Å². The molecule has 0 saturated carbocycles. The largest absolute Gasteiger partial charge is 0.394 e. The highest BCUT2D eigenvalue weighted by Crippen LogP contribution is 2.00. The molecule has 1 aromatic rings. The normalized spacial score (nSPS) is 11.9. The van der Waals surface area contributed by atoms with Crippen molar-refractivity contribution in [1.29, 1.82) is 0 Å². The summed E-state index contributed by atoms with van der Waals surface area (Å²) in [6.07, 6.45) is 3.22. The van der Waals surface area contributed by atoms with E-state index in [4.69, 9.17) is 9.84 Å². The molecule has 0 spiro atoms. The Balaban J connectivity index is 2.44. The van der Waals surface area contributed by atoms with Crippen molar-refractivity contribution >= 4 is 11.9 Å². The molecule has 100 valence electrons. The molecular formula is C11H18N4O3. The number of amides is 1. The molecule has 2 N–H and O–H groups in total. The van der Waals surface area contributed by atoms with E-state index in [0.29, 0.717) is 5.95 Å². The van der Waals surface area contributed by atoms with E-state index >= 15 is 0 Å². The van der Waals surface area contributed by atoms with Crippen LogP contribution in [0.2, 0.25) is 0 Å². The summed E-state index contributed by atoms with van der Waals surface area (Å²) >= 11 is 0. The van der Waals surface area contributed by atoms with Crippen molar-refractivity contribution in [3.8, 4) is 0 Å². The Bertz CT molecular complexity index is 361. The minimum atomic E-state index is -0.396. The number of aromatic nitrogens is 2. The second-order valence-corrected chi connectivity index (χ2v) is 3.81. The average molecular weight is 254 g/mol. The van der Waals surface area contributed by atoms with Gasteiger partial charge in [-0.25, -0.2) is 9.97 Å². The molecule has 7 heteroatoms. The van der Waals surface area contributed by atoms with Gasteiger partial charge < -0.3 is 20.1 Å². The van der Waals surface area contributed by atoms with E-state index in [1.54, 1.807) is 30.4 Å². The summed E-state index contributed by atoms with van der Waals surface area (Å²) in [5.74, 6) is 0.251. The van der Waals surface area contributed by atoms with Crippen LogP contribution in [-0.2, 0) is 9.53 Å². The summed E-state index contributed by atoms with van der Waals surface area (Å²) in [5.41, 5.74) is 0. The van der Waals surface area contributed by atoms with Crippen molar-refractivity contribution in [1.82, 2.24) is 15.3 Å². The molecule has 1 aromatic heterocycles. The predicted molar refractivity (Wildman–Crippen MR) is 66.2 cm³/mol. The Morgan fingerprint density at radius 1 is 1.56 bits per heavy atom. The van der Waals surface area contributed by atoms with Gasteiger partial charge in [-0.15, -0.1) is 0 Å². The molecule has 0 radical (unpaired) electrons. The zero-order valence-corrected chi connectivity index (χ0v) is 10.5. The van der Waals surface area contributed by atoms with Crippen LogP contribution < -0.4 is 10.2 Å². The first-order valence-electron chi connectivity index (χ1n) is 5.54. The number of likely N-dealkylation sites (N-methyl/N-ethyl adjacent to an activating group) is 1. The first-order valence-corrected chi connectivity index (χ1v) is 5.54. The smallest absolute Gasteiger partial charge is 0.239 e. The summed E-state index contributed by atoms with van der Waals surface area (Å²) in [6.45, 7) is 0.225. The lowest BCUT2D eigenvalue weighted by atomic mass is 10.3. The molecule has 0 bridgehead atoms. The highest BCUT2D eigenvalue weighted by molar-refractivity contribution is 5.80. The number of aliphatic hydroxyl groups is 1. The van der Waals surface area contributed by atoms with Crippen molar-refractivity contribution in [3.63, 3.8) is 0 Å². The minimum Gasteiger partial charge on any atom is -0.394 e. The Kier molecular flexibility index (Phi) is 6.03. The highest BCUT2D eigenvalue weighted by atomic mass is 16.5. The van der Waals surface area contributed by atoms with Gasteiger partial charge >= 0.3 is 0 Å². The average Bonchev–Trinajstić information content (AvgIpc) is 2.39. The van der Waals surface area contributed by atoms with E-state index in [9.17, 15) is 4.79 Å². The third-order valence-electron chi connectivity index (χ3n) is 2.23. The molecule has 1 unspecified atom stereocenters. The Morgan fingerprint density at radius 3 is 2.78 bits per heavy atom. The quantitative estimate of drug-likeness (QED) is 0.651. The SMILES string of the molecule is COCC(CO)NC(=O)CN(C)c1ncccn1. The molecule has 0 fully saturated rings. The Hall–Kier alpha value is -1.73. The van der Waals surface area contributed by atoms with Crippen molar-refractivity contribution in [2.45, 2.75) is 6.04 Å². The number of nitrogens with zero attached hydrogens (tertiary/aromatic N) is 3. The van der Waals surface area contributed by atoms with Crippen LogP contribution in [0.25, 0.3) is 0 Å². The molecule has 1 atom stereocenters. The number of nitrogens with one attached hydrogen (secondary N) is 1. The zero-order chi connectivity index (χ0) is 13.4. The summed E-state index contributed by atoms with van der Waals surface area (Å²) in [4.78, 5) is 21.4. The van der Waals surface area contributed by atoms with Gasteiger partial charge in [-0.05, 0) is 6.07 Å². The van der Waals surface area contributed by atoms with Gasteiger partial charge in [-0.2, -0.15) is 0 Å². The minimum absolute atomic E-state index is 0.115. The molecule has 1 amide bonds. The van der Waals surface area contributed by atoms with Gasteiger partial charge in [0.05, 0.1) is 25.8 Å². The van der Waals surface area contributed by atoms with Gasteiger partial charge in [-0.1, -0.05) is 0 Å². The fourth-order valence-electron chi connectivity index (χ4n) is 1.39. The predicted octanol–water partition coefficient (Wildman–Crippen LogP) is -0.964. The van der Waals surface area contributed by atoms with Crippen LogP contribution in [0.1, 0.15) is 0 Å². The molecule has 0 saturated heterocycles. The summed E-state index contributed by atoms with van der Waals surface area (Å²) in [5, 5.41) is 11.7. The second kappa shape index (κ2) is 7.57. The van der Waals surface area contributed by atoms with Gasteiger partial charge in [0, 0.05) is 26.6 Å². The van der Waals surface area contributed by atoms with E-state index in [1.165, 1.54) is 7.11 Å². The lowest BCUT2D eigenvalue weighted by Gasteiger charge is -2.19. The van der Waals surface area contributed by atoms with Crippen LogP contribution in [0.5, 0.6) is 0 Å². The van der Waals surface area contributed by atoms with Gasteiger partial charge in [0.25, 0.3) is 0 Å². The van der Waals surface area contributed by atoms with Crippen molar-refractivity contribution in [2.75, 3.05) is 38.8 Å². The van der Waals surface area contributed by atoms with E-state index in [1.807, 2.05) is 0 Å². The third-order valence-corrected chi connectivity index (χ3v) is 2.23. The number of methoxy groups -OCH3 is 1. The van der Waals surface area contributed by atoms with Crippen molar-refractivity contribution < 1.29 is 14.6 Å². The Morgan fingerprint density at radius 2 is 2.22 bits per heavy atom. The molecule has 18 heavy (non-hydrogen) atoms. The summed E-state index contributed by atoms with van der Waals surface area (Å²) < 4.78 is 4.87. The monoisotopic (exact) mass is 254 g/mol. The van der Waals surface area contributed by atoms with E-state index < -0.39 is 6.04 Å². The topological polar surface area (TPSA) is 87.6 Å². The maximum atomic E-state index is 11.7. The second-order valence-electron chi connectivity index (χ2n) is 3.81. The zero-order valence-electron chi connectivity index (χ0n) is 10.5. The maximum absolute atomic E-state index is 11.7. The number of hydrogen-bond donors (Lipinski definition) is 2. The van der Waals surface area contributed by atoms with Crippen LogP contribution in [0, 0.1) is 0 Å². The molecule has 0 aliphatic carbocycles. The van der Waals surface area contributed by atoms with Gasteiger partial charge in [0.15, 0.2) is 0 Å². The molecule has 1 rings (SSSR count). The number of rotatable bonds is 7. The molecule has 7 nitrogen and oxygen atoms in total. The number of aliphatic hydroxyl groups excluding tert-OH is 1. The number of anilines is 1. The van der Waals surface area contributed by atoms with Crippen LogP contribution in [-0.4, -0.2) is 60.9 Å². The maximum Gasteiger partial charge on any atom is 0.239 e. The highest BCUT2D eigenvalue weighted by Gasteiger charge is 2.13. The third kappa shape index (κ3) is 4.64. The molecule has 0 aromatic carbocycles. The van der Waals surface area contributed by atoms with Crippen LogP contribution in [0.15, 0.2) is 18.5 Å². The molecule has 0 aliphatic rings. The van der Waals surface area contributed by atoms with Crippen LogP contribution >= 0.6 is 0 Å².